The van der Waals surface area contributed by atoms with Crippen LogP contribution in [-0.4, -0.2) is 122 Å². The molecule has 7 unspecified atom stereocenters. The average molecular weight is 1050 g/mol. The van der Waals surface area contributed by atoms with Gasteiger partial charge in [0.25, 0.3) is 0 Å². The van der Waals surface area contributed by atoms with Crippen molar-refractivity contribution in [2.45, 2.75) is 120 Å². The van der Waals surface area contributed by atoms with Gasteiger partial charge in [0.05, 0.1) is 52.4 Å². The number of hydrogen-bond donors (Lipinski definition) is 0. The van der Waals surface area contributed by atoms with Gasteiger partial charge in [-0.1, -0.05) is 114 Å². The SMILES string of the molecule is CC(C)(C1=CCC(OCC2CO2)C(Cc2cc(C(C)(C)c3ccc(OCC4CO4)cc3)cc(Cc3cc(C(C)(C)c4ccc(OCC5CO5)cc4)ccc3OCC3CO3)c2OCC2CO2)=C1)c1ccc(OCC2CO2)cc1. The summed E-state index contributed by atoms with van der Waals surface area (Å²) >= 11 is 0. The first-order valence-corrected chi connectivity index (χ1v) is 27.8. The Morgan fingerprint density at radius 3 is 1.27 bits per heavy atom. The monoisotopic (exact) mass is 1050 g/mol. The Morgan fingerprint density at radius 1 is 0.403 bits per heavy atom. The predicted molar refractivity (Wildman–Crippen MR) is 292 cm³/mol. The lowest BCUT2D eigenvalue weighted by Crippen LogP contribution is -2.27. The Morgan fingerprint density at radius 2 is 0.792 bits per heavy atom. The van der Waals surface area contributed by atoms with Gasteiger partial charge in [0.2, 0.25) is 0 Å². The minimum atomic E-state index is -0.428. The normalized spacial score (nSPS) is 24.1. The van der Waals surface area contributed by atoms with Crippen LogP contribution < -0.4 is 23.7 Å². The van der Waals surface area contributed by atoms with Crippen molar-refractivity contribution in [3.05, 3.63) is 171 Å². The highest BCUT2D eigenvalue weighted by Crippen LogP contribution is 2.44. The Labute approximate surface area is 453 Å². The van der Waals surface area contributed by atoms with Gasteiger partial charge in [0, 0.05) is 22.7 Å². The molecule has 0 spiro atoms. The van der Waals surface area contributed by atoms with Crippen molar-refractivity contribution in [1.29, 1.82) is 0 Å². The second-order valence-corrected chi connectivity index (χ2v) is 23.5. The van der Waals surface area contributed by atoms with Crippen molar-refractivity contribution >= 4 is 0 Å². The highest BCUT2D eigenvalue weighted by atomic mass is 16.6. The van der Waals surface area contributed by atoms with Crippen LogP contribution in [0.25, 0.3) is 0 Å². The van der Waals surface area contributed by atoms with Gasteiger partial charge in [-0.2, -0.15) is 0 Å². The van der Waals surface area contributed by atoms with Gasteiger partial charge in [-0.15, -0.1) is 0 Å². The van der Waals surface area contributed by atoms with E-state index in [4.69, 9.17) is 56.8 Å². The van der Waals surface area contributed by atoms with Gasteiger partial charge in [0.1, 0.15) is 98.4 Å². The van der Waals surface area contributed by atoms with Gasteiger partial charge in [0.15, 0.2) is 0 Å². The van der Waals surface area contributed by atoms with Gasteiger partial charge in [-0.05, 0) is 111 Å². The van der Waals surface area contributed by atoms with Gasteiger partial charge < -0.3 is 56.8 Å². The molecule has 1 aliphatic carbocycles. The van der Waals surface area contributed by atoms with E-state index in [-0.39, 0.29) is 53.6 Å². The molecule has 6 heterocycles. The molecule has 7 aliphatic rings. The first-order chi connectivity index (χ1) is 37.3. The van der Waals surface area contributed by atoms with Crippen molar-refractivity contribution in [3.8, 4) is 28.7 Å². The lowest BCUT2D eigenvalue weighted by atomic mass is 9.73. The van der Waals surface area contributed by atoms with Crippen LogP contribution in [0, 0.1) is 0 Å². The lowest BCUT2D eigenvalue weighted by Gasteiger charge is -2.33. The van der Waals surface area contributed by atoms with E-state index in [1.807, 2.05) is 0 Å². The van der Waals surface area contributed by atoms with E-state index in [1.165, 1.54) is 39.0 Å². The minimum absolute atomic E-state index is 0.0390. The third-order valence-electron chi connectivity index (χ3n) is 16.3. The second-order valence-electron chi connectivity index (χ2n) is 23.5. The zero-order valence-electron chi connectivity index (χ0n) is 45.5. The van der Waals surface area contributed by atoms with Crippen molar-refractivity contribution in [3.63, 3.8) is 0 Å². The third kappa shape index (κ3) is 13.1. The Hall–Kier alpha value is -5.70. The first-order valence-electron chi connectivity index (χ1n) is 27.8. The first kappa shape index (κ1) is 52.0. The van der Waals surface area contributed by atoms with Crippen molar-refractivity contribution < 1.29 is 56.8 Å². The summed E-state index contributed by atoms with van der Waals surface area (Å²) in [4.78, 5) is 0. The largest absolute Gasteiger partial charge is 0.491 e. The molecule has 406 valence electrons. The topological polar surface area (TPSA) is 131 Å². The predicted octanol–water partition coefficient (Wildman–Crippen LogP) is 10.4. The fraction of sp³-hybridized carbons (Fsp3) is 0.477. The minimum Gasteiger partial charge on any atom is -0.491 e. The van der Waals surface area contributed by atoms with E-state index in [2.05, 4.69) is 157 Å². The van der Waals surface area contributed by atoms with E-state index >= 15 is 0 Å². The fourth-order valence-corrected chi connectivity index (χ4v) is 10.3. The van der Waals surface area contributed by atoms with Crippen LogP contribution >= 0.6 is 0 Å². The molecule has 0 saturated carbocycles. The molecule has 6 fully saturated rings. The summed E-state index contributed by atoms with van der Waals surface area (Å²) in [6.45, 7) is 21.4. The fourth-order valence-electron chi connectivity index (χ4n) is 10.3. The summed E-state index contributed by atoms with van der Waals surface area (Å²) in [5.74, 6) is 4.22. The molecule has 0 radical (unpaired) electrons. The summed E-state index contributed by atoms with van der Waals surface area (Å²) < 4.78 is 72.1. The molecular weight excluding hydrogens is 973 g/mol. The summed E-state index contributed by atoms with van der Waals surface area (Å²) in [6, 6.07) is 37.0. The Kier molecular flexibility index (Phi) is 14.8. The maximum Gasteiger partial charge on any atom is 0.126 e. The molecule has 0 amide bonds. The quantitative estimate of drug-likeness (QED) is 0.0442. The van der Waals surface area contributed by atoms with Gasteiger partial charge in [-0.3, -0.25) is 0 Å². The second kappa shape index (κ2) is 21.9. The van der Waals surface area contributed by atoms with Crippen LogP contribution in [0.4, 0.5) is 0 Å². The number of benzene rings is 5. The zero-order chi connectivity index (χ0) is 52.7. The van der Waals surface area contributed by atoms with Crippen LogP contribution in [0.3, 0.4) is 0 Å². The molecule has 12 rings (SSSR count). The summed E-state index contributed by atoms with van der Waals surface area (Å²) in [6.07, 6.45) is 7.34. The average Bonchev–Trinajstić information content (AvgIpc) is 4.24. The number of ether oxygens (including phenoxy) is 12. The molecular formula is C65H74O12. The van der Waals surface area contributed by atoms with Crippen LogP contribution in [-0.2, 0) is 62.2 Å². The molecule has 12 heteroatoms. The Bertz CT molecular complexity index is 2920. The van der Waals surface area contributed by atoms with Gasteiger partial charge in [-0.25, -0.2) is 0 Å². The van der Waals surface area contributed by atoms with Crippen molar-refractivity contribution in [1.82, 2.24) is 0 Å². The maximum atomic E-state index is 7.11. The molecule has 5 aromatic carbocycles. The third-order valence-corrected chi connectivity index (χ3v) is 16.3. The molecule has 0 N–H and O–H groups in total. The molecule has 7 atom stereocenters. The van der Waals surface area contributed by atoms with Crippen LogP contribution in [0.2, 0.25) is 0 Å². The highest BCUT2D eigenvalue weighted by Gasteiger charge is 2.35. The summed E-state index contributed by atoms with van der Waals surface area (Å²) in [7, 11) is 0. The van der Waals surface area contributed by atoms with Crippen molar-refractivity contribution in [2.24, 2.45) is 0 Å². The molecule has 0 bridgehead atoms. The van der Waals surface area contributed by atoms with E-state index in [0.29, 0.717) is 65.7 Å². The maximum absolute atomic E-state index is 7.11. The lowest BCUT2D eigenvalue weighted by molar-refractivity contribution is 0.0642. The van der Waals surface area contributed by atoms with E-state index in [1.54, 1.807) is 0 Å². The summed E-state index contributed by atoms with van der Waals surface area (Å²) in [5, 5.41) is 0. The van der Waals surface area contributed by atoms with Crippen molar-refractivity contribution in [2.75, 3.05) is 79.3 Å². The van der Waals surface area contributed by atoms with E-state index < -0.39 is 5.41 Å². The van der Waals surface area contributed by atoms with Crippen LogP contribution in [0.15, 0.2) is 126 Å². The number of epoxide rings is 6. The summed E-state index contributed by atoms with van der Waals surface area (Å²) in [5.41, 5.74) is 10.5. The smallest absolute Gasteiger partial charge is 0.126 e. The zero-order valence-corrected chi connectivity index (χ0v) is 45.5. The molecule has 6 aliphatic heterocycles. The van der Waals surface area contributed by atoms with Crippen LogP contribution in [0.5, 0.6) is 28.7 Å². The van der Waals surface area contributed by atoms with Crippen LogP contribution in [0.1, 0.15) is 92.5 Å². The molecule has 6 saturated heterocycles. The molecule has 0 aromatic heterocycles. The van der Waals surface area contributed by atoms with Gasteiger partial charge >= 0.3 is 0 Å². The number of allylic oxidation sites excluding steroid dienone is 2. The standard InChI is InChI=1S/C65H74O12/c1-63(2,45-7-15-51(16-8-45)66-29-54-32-69-54)48-13-21-60(75-38-57-35-72-57)41(25-48)23-43-27-50(65(5,6)47-11-19-53(20-12-47)68-31-56-34-71-56)28-44(62(43)77-40-59-37-74-59)24-42-26-49(14-22-61(42)76-39-58-36-73-58)64(3,4)46-9-17-52(18-10-46)67-30-55-33-70-55/h7-21,25-28,54-59,61H,22-24,29-40H2,1-6H3. The molecule has 12 nitrogen and oxygen atoms in total. The highest BCUT2D eigenvalue weighted by molar-refractivity contribution is 5.56. The number of hydrogen-bond acceptors (Lipinski definition) is 12. The number of rotatable bonds is 28. The van der Waals surface area contributed by atoms with E-state index in [9.17, 15) is 0 Å². The van der Waals surface area contributed by atoms with E-state index in [0.717, 1.165) is 78.3 Å². The molecule has 5 aromatic rings. The molecule has 77 heavy (non-hydrogen) atoms. The Balaban J connectivity index is 0.930.